The lowest BCUT2D eigenvalue weighted by Crippen LogP contribution is -2.30. The molecule has 8 nitrogen and oxygen atoms in total. The van der Waals surface area contributed by atoms with Crippen LogP contribution in [0.1, 0.15) is 30.1 Å². The van der Waals surface area contributed by atoms with Crippen LogP contribution in [0, 0.1) is 0 Å². The second-order valence-corrected chi connectivity index (χ2v) is 7.23. The van der Waals surface area contributed by atoms with Crippen molar-refractivity contribution in [2.45, 2.75) is 25.9 Å². The Morgan fingerprint density at radius 3 is 2.60 bits per heavy atom. The molecule has 0 bridgehead atoms. The van der Waals surface area contributed by atoms with Gasteiger partial charge in [0.1, 0.15) is 13.2 Å². The van der Waals surface area contributed by atoms with Crippen molar-refractivity contribution >= 4 is 46.7 Å². The maximum absolute atomic E-state index is 12.3. The molecule has 0 saturated heterocycles. The van der Waals surface area contributed by atoms with Crippen molar-refractivity contribution in [3.05, 3.63) is 46.1 Å². The first-order valence-corrected chi connectivity index (χ1v) is 9.83. The molecule has 1 aromatic carbocycles. The van der Waals surface area contributed by atoms with E-state index in [1.54, 1.807) is 18.2 Å². The van der Waals surface area contributed by atoms with Gasteiger partial charge in [-0.2, -0.15) is 0 Å². The number of pyridine rings is 1. The molecule has 10 heteroatoms. The van der Waals surface area contributed by atoms with Crippen LogP contribution in [-0.4, -0.2) is 42.0 Å². The maximum Gasteiger partial charge on any atom is 0.307 e. The molecule has 0 unspecified atom stereocenters. The van der Waals surface area contributed by atoms with Crippen molar-refractivity contribution in [2.24, 2.45) is 0 Å². The van der Waals surface area contributed by atoms with Crippen molar-refractivity contribution in [2.75, 3.05) is 18.5 Å². The Hall–Kier alpha value is -2.84. The van der Waals surface area contributed by atoms with Crippen LogP contribution in [0.3, 0.4) is 0 Å². The largest absolute Gasteiger partial charge is 0.486 e. The van der Waals surface area contributed by atoms with Crippen LogP contribution >= 0.6 is 23.2 Å². The summed E-state index contributed by atoms with van der Waals surface area (Å²) < 4.78 is 15.9. The number of amides is 1. The highest BCUT2D eigenvalue weighted by molar-refractivity contribution is 6.36. The first-order valence-electron chi connectivity index (χ1n) is 9.07. The number of anilines is 1. The van der Waals surface area contributed by atoms with Crippen LogP contribution in [0.2, 0.25) is 10.0 Å². The van der Waals surface area contributed by atoms with Crippen molar-refractivity contribution in [1.29, 1.82) is 0 Å². The third-order valence-corrected chi connectivity index (χ3v) is 4.64. The predicted octanol–water partition coefficient (Wildman–Crippen LogP) is 3.69. The van der Waals surface area contributed by atoms with Gasteiger partial charge in [0.25, 0.3) is 5.91 Å². The Morgan fingerprint density at radius 1 is 1.13 bits per heavy atom. The number of hydrogen-bond donors (Lipinski definition) is 1. The predicted molar refractivity (Wildman–Crippen MR) is 109 cm³/mol. The molecule has 1 amide bonds. The molecule has 30 heavy (non-hydrogen) atoms. The Kier molecular flexibility index (Phi) is 7.12. The molecule has 2 heterocycles. The quantitative estimate of drug-likeness (QED) is 0.504. The number of rotatable bonds is 7. The molecule has 0 spiro atoms. The zero-order valence-electron chi connectivity index (χ0n) is 15.9. The Labute approximate surface area is 182 Å². The van der Waals surface area contributed by atoms with Gasteiger partial charge in [-0.15, -0.1) is 0 Å². The van der Waals surface area contributed by atoms with Gasteiger partial charge in [0.15, 0.2) is 29.2 Å². The number of ether oxygens (including phenoxy) is 3. The standard InChI is InChI=1S/C20H18Cl2N2O6/c1-11(20(27)24-19-14(22)9-13(21)10-23-19)30-18(26)5-3-15(25)12-2-4-16-17(8-12)29-7-6-28-16/h2,4,8-11H,3,5-7H2,1H3,(H,23,24,27)/t11-/m0/s1. The number of esters is 1. The smallest absolute Gasteiger partial charge is 0.307 e. The van der Waals surface area contributed by atoms with Crippen LogP contribution in [0.5, 0.6) is 11.5 Å². The van der Waals surface area contributed by atoms with Gasteiger partial charge in [-0.1, -0.05) is 23.2 Å². The summed E-state index contributed by atoms with van der Waals surface area (Å²) in [5.74, 6) is -0.375. The molecule has 1 aliphatic rings. The molecule has 0 saturated carbocycles. The molecule has 3 rings (SSSR count). The first-order chi connectivity index (χ1) is 14.3. The second-order valence-electron chi connectivity index (χ2n) is 6.39. The number of hydrogen-bond acceptors (Lipinski definition) is 7. The van der Waals surface area contributed by atoms with Crippen LogP contribution in [0.15, 0.2) is 30.5 Å². The highest BCUT2D eigenvalue weighted by Crippen LogP contribution is 2.31. The maximum atomic E-state index is 12.3. The van der Waals surface area contributed by atoms with Crippen LogP contribution in [0.4, 0.5) is 5.82 Å². The Morgan fingerprint density at radius 2 is 1.87 bits per heavy atom. The molecular weight excluding hydrogens is 435 g/mol. The van der Waals surface area contributed by atoms with E-state index in [9.17, 15) is 14.4 Å². The van der Waals surface area contributed by atoms with Gasteiger partial charge in [-0.05, 0) is 31.2 Å². The summed E-state index contributed by atoms with van der Waals surface area (Å²) in [7, 11) is 0. The molecule has 1 aliphatic heterocycles. The summed E-state index contributed by atoms with van der Waals surface area (Å²) >= 11 is 11.7. The Balaban J connectivity index is 1.48. The molecular formula is C20H18Cl2N2O6. The SMILES string of the molecule is C[C@H](OC(=O)CCC(=O)c1ccc2c(c1)OCCO2)C(=O)Nc1ncc(Cl)cc1Cl. The summed E-state index contributed by atoms with van der Waals surface area (Å²) in [5.41, 5.74) is 0.404. The molecule has 0 aliphatic carbocycles. The molecule has 0 radical (unpaired) electrons. The van der Waals surface area contributed by atoms with Crippen molar-refractivity contribution in [3.8, 4) is 11.5 Å². The van der Waals surface area contributed by atoms with Gasteiger partial charge in [0.2, 0.25) is 0 Å². The minimum absolute atomic E-state index is 0.0720. The fourth-order valence-corrected chi connectivity index (χ4v) is 3.04. The van der Waals surface area contributed by atoms with Crippen molar-refractivity contribution in [1.82, 2.24) is 4.98 Å². The highest BCUT2D eigenvalue weighted by Gasteiger charge is 2.21. The van der Waals surface area contributed by atoms with Gasteiger partial charge < -0.3 is 19.5 Å². The second kappa shape index (κ2) is 9.77. The number of ketones is 1. The number of benzene rings is 1. The normalized spacial score (nSPS) is 13.3. The van der Waals surface area contributed by atoms with E-state index < -0.39 is 18.0 Å². The molecule has 158 valence electrons. The van der Waals surface area contributed by atoms with E-state index in [1.807, 2.05) is 0 Å². The minimum atomic E-state index is -1.10. The lowest BCUT2D eigenvalue weighted by atomic mass is 10.1. The van der Waals surface area contributed by atoms with Crippen molar-refractivity contribution in [3.63, 3.8) is 0 Å². The molecule has 0 fully saturated rings. The minimum Gasteiger partial charge on any atom is -0.486 e. The Bertz CT molecular complexity index is 982. The number of nitrogens with zero attached hydrogens (tertiary/aromatic N) is 1. The first kappa shape index (κ1) is 21.9. The average Bonchev–Trinajstić information content (AvgIpc) is 2.73. The van der Waals surface area contributed by atoms with E-state index in [2.05, 4.69) is 10.3 Å². The van der Waals surface area contributed by atoms with Gasteiger partial charge in [0, 0.05) is 18.2 Å². The van der Waals surface area contributed by atoms with E-state index in [0.29, 0.717) is 35.3 Å². The van der Waals surface area contributed by atoms with Gasteiger partial charge in [-0.3, -0.25) is 14.4 Å². The number of nitrogens with one attached hydrogen (secondary N) is 1. The highest BCUT2D eigenvalue weighted by atomic mass is 35.5. The zero-order chi connectivity index (χ0) is 21.7. The summed E-state index contributed by atoms with van der Waals surface area (Å²) in [5, 5.41) is 2.92. The summed E-state index contributed by atoms with van der Waals surface area (Å²) in [6.45, 7) is 2.27. The number of carbonyl (C=O) groups is 3. The van der Waals surface area contributed by atoms with Crippen LogP contribution in [0.25, 0.3) is 0 Å². The fourth-order valence-electron chi connectivity index (χ4n) is 2.61. The zero-order valence-corrected chi connectivity index (χ0v) is 17.5. The van der Waals surface area contributed by atoms with E-state index in [1.165, 1.54) is 19.2 Å². The lowest BCUT2D eigenvalue weighted by molar-refractivity contribution is -0.153. The topological polar surface area (TPSA) is 104 Å². The van der Waals surface area contributed by atoms with Gasteiger partial charge in [-0.25, -0.2) is 4.98 Å². The molecule has 1 atom stereocenters. The fraction of sp³-hybridized carbons (Fsp3) is 0.300. The summed E-state index contributed by atoms with van der Waals surface area (Å²) in [4.78, 5) is 40.4. The van der Waals surface area contributed by atoms with Crippen LogP contribution in [-0.2, 0) is 14.3 Å². The van der Waals surface area contributed by atoms with Gasteiger partial charge in [0.05, 0.1) is 16.5 Å². The average molecular weight is 453 g/mol. The van der Waals surface area contributed by atoms with Gasteiger partial charge >= 0.3 is 5.97 Å². The van der Waals surface area contributed by atoms with E-state index in [-0.39, 0.29) is 29.5 Å². The lowest BCUT2D eigenvalue weighted by Gasteiger charge is -2.18. The number of aromatic nitrogens is 1. The summed E-state index contributed by atoms with van der Waals surface area (Å²) in [6, 6.07) is 6.27. The third kappa shape index (κ3) is 5.61. The number of Topliss-reactive ketones (excluding diaryl/α,β-unsaturated/α-hetero) is 1. The van der Waals surface area contributed by atoms with E-state index in [4.69, 9.17) is 37.4 Å². The molecule has 1 aromatic heterocycles. The summed E-state index contributed by atoms with van der Waals surface area (Å²) in [6.07, 6.45) is -0.0266. The third-order valence-electron chi connectivity index (χ3n) is 4.15. The number of halogens is 2. The van der Waals surface area contributed by atoms with Crippen LogP contribution < -0.4 is 14.8 Å². The van der Waals surface area contributed by atoms with Crippen molar-refractivity contribution < 1.29 is 28.6 Å². The molecule has 2 aromatic rings. The van der Waals surface area contributed by atoms with E-state index >= 15 is 0 Å². The number of fused-ring (bicyclic) bond motifs is 1. The number of carbonyl (C=O) groups excluding carboxylic acids is 3. The monoisotopic (exact) mass is 452 g/mol. The molecule has 1 N–H and O–H groups in total. The van der Waals surface area contributed by atoms with E-state index in [0.717, 1.165) is 0 Å².